The molecule has 0 spiro atoms. The average molecular weight is 452 g/mol. The first-order valence-corrected chi connectivity index (χ1v) is 10.5. The van der Waals surface area contributed by atoms with Crippen LogP contribution in [0.5, 0.6) is 0 Å². The monoisotopic (exact) mass is 451 g/mol. The van der Waals surface area contributed by atoms with Crippen molar-refractivity contribution in [3.8, 4) is 11.3 Å². The van der Waals surface area contributed by atoms with Gasteiger partial charge in [0.2, 0.25) is 11.5 Å². The number of nitrogens with one attached hydrogen (secondary N) is 2. The fourth-order valence-corrected chi connectivity index (χ4v) is 3.70. The summed E-state index contributed by atoms with van der Waals surface area (Å²) in [4.78, 5) is 27.6. The van der Waals surface area contributed by atoms with E-state index in [4.69, 9.17) is 4.42 Å². The fourth-order valence-electron chi connectivity index (χ4n) is 3.70. The van der Waals surface area contributed by atoms with Crippen molar-refractivity contribution < 1.29 is 13.6 Å². The summed E-state index contributed by atoms with van der Waals surface area (Å²) < 4.78 is 21.8. The summed E-state index contributed by atoms with van der Waals surface area (Å²) in [6, 6.07) is 4.52. The van der Waals surface area contributed by atoms with Gasteiger partial charge in [-0.3, -0.25) is 9.20 Å². The molecule has 3 aromatic heterocycles. The molecule has 0 saturated heterocycles. The van der Waals surface area contributed by atoms with Crippen LogP contribution in [0.15, 0.2) is 41.2 Å². The summed E-state index contributed by atoms with van der Waals surface area (Å²) in [5.74, 6) is 0.0572. The number of halogens is 1. The van der Waals surface area contributed by atoms with Gasteiger partial charge in [0.25, 0.3) is 5.91 Å². The van der Waals surface area contributed by atoms with Crippen molar-refractivity contribution in [2.24, 2.45) is 0 Å². The van der Waals surface area contributed by atoms with E-state index in [1.807, 2.05) is 20.3 Å². The Morgan fingerprint density at radius 1 is 1.21 bits per heavy atom. The number of fused-ring (bicyclic) bond motifs is 1. The van der Waals surface area contributed by atoms with Crippen LogP contribution in [0.25, 0.3) is 17.0 Å². The van der Waals surface area contributed by atoms with Crippen LogP contribution in [-0.2, 0) is 0 Å². The van der Waals surface area contributed by atoms with Crippen LogP contribution < -0.4 is 10.6 Å². The van der Waals surface area contributed by atoms with Gasteiger partial charge in [0.15, 0.2) is 5.89 Å². The second kappa shape index (κ2) is 8.99. The van der Waals surface area contributed by atoms with Crippen LogP contribution in [0, 0.1) is 19.7 Å². The molecular weight excluding hydrogens is 425 g/mol. The van der Waals surface area contributed by atoms with Crippen molar-refractivity contribution in [1.29, 1.82) is 0 Å². The maximum atomic E-state index is 14.7. The number of benzene rings is 1. The number of carbonyl (C=O) groups excluding carboxylic acids is 1. The molecule has 0 fully saturated rings. The van der Waals surface area contributed by atoms with Crippen LogP contribution in [0.4, 0.5) is 15.8 Å². The van der Waals surface area contributed by atoms with Gasteiger partial charge in [-0.05, 0) is 46.1 Å². The van der Waals surface area contributed by atoms with Crippen LogP contribution in [-0.4, -0.2) is 56.8 Å². The number of anilines is 2. The first-order valence-electron chi connectivity index (χ1n) is 10.5. The summed E-state index contributed by atoms with van der Waals surface area (Å²) in [6.45, 7) is 6.31. The molecule has 10 heteroatoms. The highest BCUT2D eigenvalue weighted by Gasteiger charge is 2.18. The Bertz CT molecular complexity index is 1310. The molecule has 3 heterocycles. The Morgan fingerprint density at radius 3 is 2.70 bits per heavy atom. The summed E-state index contributed by atoms with van der Waals surface area (Å²) in [7, 11) is 4.03. The minimum atomic E-state index is -0.457. The number of likely N-dealkylation sites (N-methyl/N-ethyl adjacent to an activating group) is 1. The van der Waals surface area contributed by atoms with Crippen LogP contribution in [0.3, 0.4) is 0 Å². The molecule has 0 aliphatic rings. The van der Waals surface area contributed by atoms with Crippen molar-refractivity contribution in [3.63, 3.8) is 0 Å². The molecule has 4 rings (SSSR count). The Kier molecular flexibility index (Phi) is 6.10. The number of hydrogen-bond donors (Lipinski definition) is 2. The van der Waals surface area contributed by atoms with Gasteiger partial charge in [0.1, 0.15) is 5.82 Å². The van der Waals surface area contributed by atoms with E-state index in [0.717, 1.165) is 12.2 Å². The van der Waals surface area contributed by atoms with E-state index < -0.39 is 11.7 Å². The topological polar surface area (TPSA) is 101 Å². The van der Waals surface area contributed by atoms with E-state index in [-0.39, 0.29) is 17.4 Å². The van der Waals surface area contributed by atoms with Gasteiger partial charge in [-0.1, -0.05) is 0 Å². The standard InChI is InChI=1S/C23H26FN7O2/c1-13(10-30(4)5)26-17-9-25-23-29-20(12-31(23)11-17)18-8-16(6-7-19(18)24)28-22(32)21-14(2)27-15(3)33-21/h6-9,11-13,26H,10H2,1-5H3,(H,28,32). The van der Waals surface area contributed by atoms with Gasteiger partial charge in [0, 0.05) is 43.2 Å². The molecule has 33 heavy (non-hydrogen) atoms. The third kappa shape index (κ3) is 5.01. The number of amides is 1. The van der Waals surface area contributed by atoms with Crippen LogP contribution in [0.1, 0.15) is 29.1 Å². The Morgan fingerprint density at radius 2 is 2.00 bits per heavy atom. The number of hydrogen-bond acceptors (Lipinski definition) is 7. The van der Waals surface area contributed by atoms with Gasteiger partial charge < -0.3 is 20.0 Å². The van der Waals surface area contributed by atoms with Crippen molar-refractivity contribution in [1.82, 2.24) is 24.3 Å². The minimum Gasteiger partial charge on any atom is -0.436 e. The Hall–Kier alpha value is -3.79. The maximum Gasteiger partial charge on any atom is 0.293 e. The summed E-state index contributed by atoms with van der Waals surface area (Å²) >= 11 is 0. The minimum absolute atomic E-state index is 0.124. The predicted molar refractivity (Wildman–Crippen MR) is 124 cm³/mol. The van der Waals surface area contributed by atoms with E-state index in [9.17, 15) is 9.18 Å². The molecule has 2 N–H and O–H groups in total. The van der Waals surface area contributed by atoms with E-state index in [1.165, 1.54) is 18.2 Å². The van der Waals surface area contributed by atoms with Crippen molar-refractivity contribution in [2.75, 3.05) is 31.3 Å². The van der Waals surface area contributed by atoms with Crippen molar-refractivity contribution in [2.45, 2.75) is 26.8 Å². The summed E-state index contributed by atoms with van der Waals surface area (Å²) in [5.41, 5.74) is 2.39. The number of oxazole rings is 1. The zero-order chi connectivity index (χ0) is 23.7. The van der Waals surface area contributed by atoms with Crippen molar-refractivity contribution in [3.05, 3.63) is 60.0 Å². The lowest BCUT2D eigenvalue weighted by Crippen LogP contribution is -2.29. The van der Waals surface area contributed by atoms with Crippen LogP contribution >= 0.6 is 0 Å². The lowest BCUT2D eigenvalue weighted by molar-refractivity contribution is 0.0994. The summed E-state index contributed by atoms with van der Waals surface area (Å²) in [5, 5.41) is 6.12. The number of aryl methyl sites for hydroxylation is 2. The number of carbonyl (C=O) groups is 1. The highest BCUT2D eigenvalue weighted by Crippen LogP contribution is 2.26. The molecule has 4 aromatic rings. The third-order valence-corrected chi connectivity index (χ3v) is 4.97. The quantitative estimate of drug-likeness (QED) is 0.441. The number of aromatic nitrogens is 4. The zero-order valence-electron chi connectivity index (χ0n) is 19.2. The fraction of sp³-hybridized carbons (Fsp3) is 0.304. The SMILES string of the molecule is Cc1nc(C)c(C(=O)Nc2ccc(F)c(-c3cn4cc(NC(C)CN(C)C)cnc4n3)c2)o1. The molecule has 0 radical (unpaired) electrons. The maximum absolute atomic E-state index is 14.7. The van der Waals surface area contributed by atoms with Gasteiger partial charge in [-0.2, -0.15) is 0 Å². The molecule has 9 nitrogen and oxygen atoms in total. The molecule has 1 unspecified atom stereocenters. The smallest absolute Gasteiger partial charge is 0.293 e. The molecule has 1 atom stereocenters. The number of nitrogens with zero attached hydrogens (tertiary/aromatic N) is 5. The third-order valence-electron chi connectivity index (χ3n) is 4.97. The molecule has 0 aliphatic carbocycles. The van der Waals surface area contributed by atoms with E-state index in [2.05, 4.69) is 37.4 Å². The van der Waals surface area contributed by atoms with E-state index >= 15 is 0 Å². The Labute approximate surface area is 190 Å². The average Bonchev–Trinajstić information content (AvgIpc) is 3.30. The molecule has 0 saturated carbocycles. The largest absolute Gasteiger partial charge is 0.436 e. The lowest BCUT2D eigenvalue weighted by Gasteiger charge is -2.19. The molecule has 172 valence electrons. The highest BCUT2D eigenvalue weighted by atomic mass is 19.1. The summed E-state index contributed by atoms with van der Waals surface area (Å²) in [6.07, 6.45) is 5.27. The molecule has 1 amide bonds. The number of rotatable bonds is 7. The normalized spacial score (nSPS) is 12.3. The Balaban J connectivity index is 1.58. The zero-order valence-corrected chi connectivity index (χ0v) is 19.2. The molecule has 1 aromatic carbocycles. The number of imidazole rings is 1. The highest BCUT2D eigenvalue weighted by molar-refractivity contribution is 6.03. The van der Waals surface area contributed by atoms with E-state index in [1.54, 1.807) is 30.6 Å². The first-order chi connectivity index (χ1) is 15.7. The van der Waals surface area contributed by atoms with Crippen LogP contribution in [0.2, 0.25) is 0 Å². The second-order valence-electron chi connectivity index (χ2n) is 8.28. The lowest BCUT2D eigenvalue weighted by atomic mass is 10.1. The van der Waals surface area contributed by atoms with E-state index in [0.29, 0.717) is 28.7 Å². The molecular formula is C23H26FN7O2. The molecule has 0 aliphatic heterocycles. The predicted octanol–water partition coefficient (Wildman–Crippen LogP) is 3.75. The second-order valence-corrected chi connectivity index (χ2v) is 8.28. The van der Waals surface area contributed by atoms with Gasteiger partial charge in [-0.15, -0.1) is 0 Å². The van der Waals surface area contributed by atoms with Gasteiger partial charge >= 0.3 is 0 Å². The van der Waals surface area contributed by atoms with Gasteiger partial charge in [-0.25, -0.2) is 19.3 Å². The molecule has 0 bridgehead atoms. The van der Waals surface area contributed by atoms with Crippen molar-refractivity contribution >= 4 is 23.1 Å². The first kappa shape index (κ1) is 22.4. The van der Waals surface area contributed by atoms with Gasteiger partial charge in [0.05, 0.1) is 23.3 Å².